The minimum atomic E-state index is -0.574. The Morgan fingerprint density at radius 3 is 2.55 bits per heavy atom. The molecule has 0 bridgehead atoms. The summed E-state index contributed by atoms with van der Waals surface area (Å²) < 4.78 is 31.7. The highest BCUT2D eigenvalue weighted by Gasteiger charge is 2.24. The van der Waals surface area contributed by atoms with Crippen molar-refractivity contribution >= 4 is 5.91 Å². The molecule has 3 rings (SSSR count). The van der Waals surface area contributed by atoms with Crippen LogP contribution in [0.1, 0.15) is 16.1 Å². The maximum absolute atomic E-state index is 13.7. The number of hydrogen-bond donors (Lipinski definition) is 0. The van der Waals surface area contributed by atoms with Gasteiger partial charge >= 0.3 is 0 Å². The fraction of sp³-hybridized carbons (Fsp3) is 0.312. The fourth-order valence-electron chi connectivity index (χ4n) is 2.56. The van der Waals surface area contributed by atoms with E-state index in [1.807, 2.05) is 4.90 Å². The van der Waals surface area contributed by atoms with Crippen LogP contribution in [0.5, 0.6) is 0 Å². The lowest BCUT2D eigenvalue weighted by molar-refractivity contribution is 0.0596. The normalized spacial score (nSPS) is 16.0. The maximum Gasteiger partial charge on any atom is 0.289 e. The summed E-state index contributed by atoms with van der Waals surface area (Å²) in [6.07, 6.45) is 1.47. The van der Waals surface area contributed by atoms with Crippen LogP contribution < -0.4 is 0 Å². The lowest BCUT2D eigenvalue weighted by Gasteiger charge is -2.34. The van der Waals surface area contributed by atoms with Crippen LogP contribution in [0.25, 0.3) is 0 Å². The van der Waals surface area contributed by atoms with Gasteiger partial charge in [-0.1, -0.05) is 6.07 Å². The number of benzene rings is 1. The molecule has 0 spiro atoms. The van der Waals surface area contributed by atoms with Crippen LogP contribution in [0.4, 0.5) is 8.78 Å². The molecule has 1 aliphatic heterocycles. The lowest BCUT2D eigenvalue weighted by atomic mass is 10.1. The maximum atomic E-state index is 13.7. The van der Waals surface area contributed by atoms with Crippen molar-refractivity contribution < 1.29 is 18.0 Å². The van der Waals surface area contributed by atoms with E-state index in [-0.39, 0.29) is 5.91 Å². The molecule has 1 saturated heterocycles. The van der Waals surface area contributed by atoms with Crippen LogP contribution in [0.15, 0.2) is 41.0 Å². The van der Waals surface area contributed by atoms with Crippen molar-refractivity contribution in [2.75, 3.05) is 26.2 Å². The van der Waals surface area contributed by atoms with Gasteiger partial charge in [-0.3, -0.25) is 9.69 Å². The largest absolute Gasteiger partial charge is 0.459 e. The number of halogens is 2. The van der Waals surface area contributed by atoms with E-state index in [9.17, 15) is 13.6 Å². The van der Waals surface area contributed by atoms with Gasteiger partial charge in [0.05, 0.1) is 6.26 Å². The Balaban J connectivity index is 1.56. The topological polar surface area (TPSA) is 36.7 Å². The molecule has 1 aromatic carbocycles. The van der Waals surface area contributed by atoms with Crippen molar-refractivity contribution in [1.82, 2.24) is 9.80 Å². The van der Waals surface area contributed by atoms with E-state index in [0.29, 0.717) is 44.0 Å². The summed E-state index contributed by atoms with van der Waals surface area (Å²) in [5.41, 5.74) is 0.465. The Morgan fingerprint density at radius 2 is 1.91 bits per heavy atom. The summed E-state index contributed by atoms with van der Waals surface area (Å²) in [5.74, 6) is -0.903. The van der Waals surface area contributed by atoms with Gasteiger partial charge in [0.25, 0.3) is 5.91 Å². The van der Waals surface area contributed by atoms with Crippen LogP contribution in [0, 0.1) is 11.6 Å². The first-order chi connectivity index (χ1) is 10.6. The van der Waals surface area contributed by atoms with Crippen molar-refractivity contribution in [1.29, 1.82) is 0 Å². The van der Waals surface area contributed by atoms with E-state index in [1.54, 1.807) is 17.0 Å². The van der Waals surface area contributed by atoms with Gasteiger partial charge in [-0.25, -0.2) is 8.78 Å². The summed E-state index contributed by atoms with van der Waals surface area (Å²) >= 11 is 0. The number of nitrogens with zero attached hydrogens (tertiary/aromatic N) is 2. The van der Waals surface area contributed by atoms with Gasteiger partial charge in [0.15, 0.2) is 5.76 Å². The molecule has 4 nitrogen and oxygen atoms in total. The Hall–Kier alpha value is -2.21. The molecule has 0 atom stereocenters. The minimum Gasteiger partial charge on any atom is -0.459 e. The summed E-state index contributed by atoms with van der Waals surface area (Å²) in [6.45, 7) is 2.81. The van der Waals surface area contributed by atoms with Crippen LogP contribution in [-0.4, -0.2) is 41.9 Å². The number of hydrogen-bond acceptors (Lipinski definition) is 3. The second kappa shape index (κ2) is 6.27. The van der Waals surface area contributed by atoms with E-state index in [0.717, 1.165) is 6.07 Å². The van der Waals surface area contributed by atoms with Crippen molar-refractivity contribution in [3.8, 4) is 0 Å². The second-order valence-electron chi connectivity index (χ2n) is 5.28. The van der Waals surface area contributed by atoms with Crippen molar-refractivity contribution in [3.63, 3.8) is 0 Å². The summed E-state index contributed by atoms with van der Waals surface area (Å²) in [5, 5.41) is 0. The zero-order chi connectivity index (χ0) is 15.5. The SMILES string of the molecule is O=C(c1ccco1)N1CCN(Cc2ccc(F)cc2F)CC1. The van der Waals surface area contributed by atoms with Gasteiger partial charge in [-0.05, 0) is 18.2 Å². The summed E-state index contributed by atoms with van der Waals surface area (Å²) in [4.78, 5) is 15.9. The Bertz CT molecular complexity index is 650. The van der Waals surface area contributed by atoms with Gasteiger partial charge in [0.1, 0.15) is 11.6 Å². The molecule has 6 heteroatoms. The zero-order valence-corrected chi connectivity index (χ0v) is 12.0. The highest BCUT2D eigenvalue weighted by Crippen LogP contribution is 2.15. The molecule has 2 aromatic rings. The molecule has 116 valence electrons. The highest BCUT2D eigenvalue weighted by atomic mass is 19.1. The number of amides is 1. The quantitative estimate of drug-likeness (QED) is 0.874. The highest BCUT2D eigenvalue weighted by molar-refractivity contribution is 5.91. The van der Waals surface area contributed by atoms with Crippen molar-refractivity contribution in [2.24, 2.45) is 0 Å². The third kappa shape index (κ3) is 3.17. The molecular formula is C16H16F2N2O2. The molecule has 1 aromatic heterocycles. The van der Waals surface area contributed by atoms with E-state index < -0.39 is 11.6 Å². The van der Waals surface area contributed by atoms with E-state index in [2.05, 4.69) is 0 Å². The average Bonchev–Trinajstić information content (AvgIpc) is 3.04. The number of piperazine rings is 1. The predicted molar refractivity (Wildman–Crippen MR) is 76.2 cm³/mol. The Labute approximate surface area is 126 Å². The number of furan rings is 1. The molecule has 0 N–H and O–H groups in total. The minimum absolute atomic E-state index is 0.127. The molecule has 1 fully saturated rings. The van der Waals surface area contributed by atoms with Crippen LogP contribution in [0.3, 0.4) is 0 Å². The summed E-state index contributed by atoms with van der Waals surface area (Å²) in [6, 6.07) is 6.94. The van der Waals surface area contributed by atoms with Gasteiger partial charge in [0.2, 0.25) is 0 Å². The van der Waals surface area contributed by atoms with E-state index >= 15 is 0 Å². The second-order valence-corrected chi connectivity index (χ2v) is 5.28. The predicted octanol–water partition coefficient (Wildman–Crippen LogP) is 2.52. The number of carbonyl (C=O) groups is 1. The van der Waals surface area contributed by atoms with Crippen LogP contribution in [-0.2, 0) is 6.54 Å². The molecule has 1 amide bonds. The fourth-order valence-corrected chi connectivity index (χ4v) is 2.56. The molecule has 0 unspecified atom stereocenters. The first kappa shape index (κ1) is 14.7. The van der Waals surface area contributed by atoms with Gasteiger partial charge in [-0.15, -0.1) is 0 Å². The molecular weight excluding hydrogens is 290 g/mol. The zero-order valence-electron chi connectivity index (χ0n) is 12.0. The monoisotopic (exact) mass is 306 g/mol. The molecule has 0 radical (unpaired) electrons. The van der Waals surface area contributed by atoms with Gasteiger partial charge < -0.3 is 9.32 Å². The molecule has 22 heavy (non-hydrogen) atoms. The smallest absolute Gasteiger partial charge is 0.289 e. The van der Waals surface area contributed by atoms with Crippen LogP contribution in [0.2, 0.25) is 0 Å². The molecule has 2 heterocycles. The van der Waals surface area contributed by atoms with Crippen molar-refractivity contribution in [3.05, 3.63) is 59.6 Å². The van der Waals surface area contributed by atoms with Crippen molar-refractivity contribution in [2.45, 2.75) is 6.54 Å². The average molecular weight is 306 g/mol. The van der Waals surface area contributed by atoms with Crippen LogP contribution >= 0.6 is 0 Å². The number of carbonyl (C=O) groups excluding carboxylic acids is 1. The standard InChI is InChI=1S/C16H16F2N2O2/c17-13-4-3-12(14(18)10-13)11-19-5-7-20(8-6-19)16(21)15-2-1-9-22-15/h1-4,9-10H,5-8,11H2. The van der Waals surface area contributed by atoms with Gasteiger partial charge in [0, 0.05) is 44.4 Å². The third-order valence-corrected chi connectivity index (χ3v) is 3.80. The number of rotatable bonds is 3. The first-order valence-corrected chi connectivity index (χ1v) is 7.12. The Morgan fingerprint density at radius 1 is 1.14 bits per heavy atom. The Kier molecular flexibility index (Phi) is 4.20. The van der Waals surface area contributed by atoms with E-state index in [4.69, 9.17) is 4.42 Å². The molecule has 0 aliphatic carbocycles. The first-order valence-electron chi connectivity index (χ1n) is 7.12. The molecule has 1 aliphatic rings. The summed E-state index contributed by atoms with van der Waals surface area (Å²) in [7, 11) is 0. The third-order valence-electron chi connectivity index (χ3n) is 3.80. The molecule has 0 saturated carbocycles. The van der Waals surface area contributed by atoms with Gasteiger partial charge in [-0.2, -0.15) is 0 Å². The lowest BCUT2D eigenvalue weighted by Crippen LogP contribution is -2.48. The van der Waals surface area contributed by atoms with E-state index in [1.165, 1.54) is 18.4 Å².